The summed E-state index contributed by atoms with van der Waals surface area (Å²) >= 11 is 0. The second kappa shape index (κ2) is 7.57. The number of amides is 1. The van der Waals surface area contributed by atoms with Crippen LogP contribution in [0.15, 0.2) is 30.6 Å². The molecule has 1 N–H and O–H groups in total. The van der Waals surface area contributed by atoms with Crippen molar-refractivity contribution in [1.82, 2.24) is 25.0 Å². The number of hydrogen-bond donors (Lipinski definition) is 1. The normalized spacial score (nSPS) is 15.9. The third-order valence-electron chi connectivity index (χ3n) is 4.69. The van der Waals surface area contributed by atoms with Crippen LogP contribution in [-0.4, -0.2) is 57.6 Å². The van der Waals surface area contributed by atoms with Crippen LogP contribution in [0, 0.1) is 6.92 Å². The first-order chi connectivity index (χ1) is 11.6. The van der Waals surface area contributed by atoms with Crippen LogP contribution in [0.1, 0.15) is 35.7 Å². The van der Waals surface area contributed by atoms with E-state index in [9.17, 15) is 4.79 Å². The maximum absolute atomic E-state index is 12.5. The molecule has 0 unspecified atom stereocenters. The fraction of sp³-hybridized carbons (Fsp3) is 0.500. The number of nitrogens with one attached hydrogen (secondary N) is 1. The first-order valence-electron chi connectivity index (χ1n) is 8.49. The third-order valence-corrected chi connectivity index (χ3v) is 4.69. The molecule has 2 aromatic heterocycles. The molecule has 2 aromatic rings. The van der Waals surface area contributed by atoms with Gasteiger partial charge in [0, 0.05) is 37.4 Å². The average Bonchev–Trinajstić information content (AvgIpc) is 3.02. The molecule has 0 radical (unpaired) electrons. The number of rotatable bonds is 5. The average molecular weight is 327 g/mol. The van der Waals surface area contributed by atoms with Gasteiger partial charge in [0.15, 0.2) is 0 Å². The molecular weight excluding hydrogens is 302 g/mol. The largest absolute Gasteiger partial charge is 0.342 e. The summed E-state index contributed by atoms with van der Waals surface area (Å²) in [5.74, 6) is 0.691. The van der Waals surface area contributed by atoms with Gasteiger partial charge in [0.2, 0.25) is 5.91 Å². The smallest absolute Gasteiger partial charge is 0.236 e. The van der Waals surface area contributed by atoms with E-state index in [0.717, 1.165) is 31.6 Å². The summed E-state index contributed by atoms with van der Waals surface area (Å²) in [4.78, 5) is 20.8. The van der Waals surface area contributed by atoms with Gasteiger partial charge in [0.25, 0.3) is 0 Å². The molecule has 3 heterocycles. The van der Waals surface area contributed by atoms with Crippen molar-refractivity contribution in [3.8, 4) is 0 Å². The molecule has 24 heavy (non-hydrogen) atoms. The number of piperidine rings is 1. The number of hydrogen-bond acceptors (Lipinski definition) is 4. The molecule has 1 fully saturated rings. The van der Waals surface area contributed by atoms with Crippen LogP contribution < -0.4 is 0 Å². The summed E-state index contributed by atoms with van der Waals surface area (Å²) in [7, 11) is 1.97. The molecule has 0 spiro atoms. The molecule has 1 saturated heterocycles. The van der Waals surface area contributed by atoms with Gasteiger partial charge in [0.05, 0.1) is 18.4 Å². The number of carbonyl (C=O) groups is 1. The Balaban J connectivity index is 1.47. The molecule has 0 atom stereocenters. The number of pyridine rings is 1. The van der Waals surface area contributed by atoms with Gasteiger partial charge in [-0.2, -0.15) is 5.10 Å². The molecule has 0 aliphatic carbocycles. The van der Waals surface area contributed by atoms with Crippen molar-refractivity contribution in [2.24, 2.45) is 0 Å². The molecule has 128 valence electrons. The van der Waals surface area contributed by atoms with Crippen molar-refractivity contribution < 1.29 is 4.79 Å². The molecular formula is C18H25N5O. The van der Waals surface area contributed by atoms with Crippen LogP contribution >= 0.6 is 0 Å². The zero-order valence-electron chi connectivity index (χ0n) is 14.4. The predicted molar refractivity (Wildman–Crippen MR) is 92.5 cm³/mol. The number of aromatic amines is 1. The van der Waals surface area contributed by atoms with Crippen LogP contribution in [0.5, 0.6) is 0 Å². The van der Waals surface area contributed by atoms with Gasteiger partial charge in [-0.25, -0.2) is 0 Å². The Morgan fingerprint density at radius 3 is 2.79 bits per heavy atom. The van der Waals surface area contributed by atoms with E-state index in [1.54, 1.807) is 6.20 Å². The van der Waals surface area contributed by atoms with Crippen LogP contribution in [-0.2, 0) is 11.3 Å². The highest BCUT2D eigenvalue weighted by atomic mass is 16.2. The summed E-state index contributed by atoms with van der Waals surface area (Å²) in [6.07, 6.45) is 5.66. The lowest BCUT2D eigenvalue weighted by Crippen LogP contribution is -2.43. The van der Waals surface area contributed by atoms with E-state index in [4.69, 9.17) is 0 Å². The first kappa shape index (κ1) is 16.6. The Labute approximate surface area is 142 Å². The van der Waals surface area contributed by atoms with Crippen molar-refractivity contribution in [3.63, 3.8) is 0 Å². The lowest BCUT2D eigenvalue weighted by atomic mass is 9.91. The predicted octanol–water partition coefficient (Wildman–Crippen LogP) is 1.95. The van der Waals surface area contributed by atoms with E-state index >= 15 is 0 Å². The minimum atomic E-state index is 0.202. The van der Waals surface area contributed by atoms with Crippen molar-refractivity contribution >= 4 is 5.91 Å². The summed E-state index contributed by atoms with van der Waals surface area (Å²) < 4.78 is 0. The number of H-pyrrole nitrogens is 1. The SMILES string of the molecule is Cc1cn[nH]c1C1CCN(C(=O)CN(C)Cc2ccccn2)CC1. The van der Waals surface area contributed by atoms with Crippen molar-refractivity contribution in [1.29, 1.82) is 0 Å². The molecule has 0 aromatic carbocycles. The minimum absolute atomic E-state index is 0.202. The molecule has 1 amide bonds. The van der Waals surface area contributed by atoms with Crippen LogP contribution in [0.3, 0.4) is 0 Å². The Kier molecular flexibility index (Phi) is 5.25. The number of carbonyl (C=O) groups excluding carboxylic acids is 1. The maximum atomic E-state index is 12.5. The fourth-order valence-corrected chi connectivity index (χ4v) is 3.34. The van der Waals surface area contributed by atoms with Gasteiger partial charge >= 0.3 is 0 Å². The number of likely N-dealkylation sites (N-methyl/N-ethyl adjacent to an activating group) is 1. The molecule has 6 nitrogen and oxygen atoms in total. The molecule has 6 heteroatoms. The molecule has 1 aliphatic heterocycles. The van der Waals surface area contributed by atoms with Gasteiger partial charge in [-0.1, -0.05) is 6.07 Å². The van der Waals surface area contributed by atoms with E-state index in [2.05, 4.69) is 22.1 Å². The second-order valence-electron chi connectivity index (χ2n) is 6.62. The fourth-order valence-electron chi connectivity index (χ4n) is 3.34. The van der Waals surface area contributed by atoms with Crippen LogP contribution in [0.25, 0.3) is 0 Å². The monoisotopic (exact) mass is 327 g/mol. The molecule has 1 aliphatic rings. The lowest BCUT2D eigenvalue weighted by Gasteiger charge is -2.33. The Bertz CT molecular complexity index is 661. The van der Waals surface area contributed by atoms with E-state index in [1.165, 1.54) is 11.3 Å². The zero-order valence-corrected chi connectivity index (χ0v) is 14.4. The van der Waals surface area contributed by atoms with Gasteiger partial charge < -0.3 is 4.90 Å². The minimum Gasteiger partial charge on any atom is -0.342 e. The highest BCUT2D eigenvalue weighted by Crippen LogP contribution is 2.28. The quantitative estimate of drug-likeness (QED) is 0.911. The van der Waals surface area contributed by atoms with Crippen LogP contribution in [0.4, 0.5) is 0 Å². The lowest BCUT2D eigenvalue weighted by molar-refractivity contribution is -0.133. The summed E-state index contributed by atoms with van der Waals surface area (Å²) in [6, 6.07) is 5.86. The van der Waals surface area contributed by atoms with E-state index in [0.29, 0.717) is 19.0 Å². The van der Waals surface area contributed by atoms with Crippen LogP contribution in [0.2, 0.25) is 0 Å². The van der Waals surface area contributed by atoms with Gasteiger partial charge in [-0.05, 0) is 44.5 Å². The summed E-state index contributed by atoms with van der Waals surface area (Å²) in [5.41, 5.74) is 3.44. The number of aryl methyl sites for hydroxylation is 1. The zero-order chi connectivity index (χ0) is 16.9. The topological polar surface area (TPSA) is 65.1 Å². The molecule has 0 bridgehead atoms. The van der Waals surface area contributed by atoms with Gasteiger partial charge in [-0.3, -0.25) is 19.8 Å². The van der Waals surface area contributed by atoms with E-state index < -0.39 is 0 Å². The first-order valence-corrected chi connectivity index (χ1v) is 8.49. The summed E-state index contributed by atoms with van der Waals surface area (Å²) in [6.45, 7) is 4.85. The van der Waals surface area contributed by atoms with Crippen molar-refractivity contribution in [2.45, 2.75) is 32.2 Å². The Morgan fingerprint density at radius 1 is 1.38 bits per heavy atom. The standard InChI is InChI=1S/C18H25N5O/c1-14-11-20-21-18(14)15-6-9-23(10-7-15)17(24)13-22(2)12-16-5-3-4-8-19-16/h3-5,8,11,15H,6-7,9-10,12-13H2,1-2H3,(H,20,21). The maximum Gasteiger partial charge on any atom is 0.236 e. The van der Waals surface area contributed by atoms with Gasteiger partial charge in [-0.15, -0.1) is 0 Å². The van der Waals surface area contributed by atoms with E-state index in [-0.39, 0.29) is 5.91 Å². The van der Waals surface area contributed by atoms with Crippen molar-refractivity contribution in [3.05, 3.63) is 47.5 Å². The second-order valence-corrected chi connectivity index (χ2v) is 6.62. The number of nitrogens with zero attached hydrogens (tertiary/aromatic N) is 4. The summed E-state index contributed by atoms with van der Waals surface area (Å²) in [5, 5.41) is 7.22. The highest BCUT2D eigenvalue weighted by molar-refractivity contribution is 5.78. The Morgan fingerprint density at radius 2 is 2.17 bits per heavy atom. The van der Waals surface area contributed by atoms with Gasteiger partial charge in [0.1, 0.15) is 0 Å². The molecule has 3 rings (SSSR count). The number of likely N-dealkylation sites (tertiary alicyclic amines) is 1. The van der Waals surface area contributed by atoms with Crippen molar-refractivity contribution in [2.75, 3.05) is 26.7 Å². The number of aromatic nitrogens is 3. The highest BCUT2D eigenvalue weighted by Gasteiger charge is 2.26. The van der Waals surface area contributed by atoms with E-state index in [1.807, 2.05) is 41.2 Å². The Hall–Kier alpha value is -2.21. The molecule has 0 saturated carbocycles. The third kappa shape index (κ3) is 4.00.